The van der Waals surface area contributed by atoms with Crippen molar-refractivity contribution in [3.8, 4) is 5.75 Å². The lowest BCUT2D eigenvalue weighted by Gasteiger charge is -2.24. The molecular weight excluding hydrogens is 402 g/mol. The Morgan fingerprint density at radius 2 is 1.83 bits per heavy atom. The van der Waals surface area contributed by atoms with E-state index in [2.05, 4.69) is 18.7 Å². The first-order valence-electron chi connectivity index (χ1n) is 9.72. The van der Waals surface area contributed by atoms with Gasteiger partial charge in [-0.3, -0.25) is 9.69 Å². The molecule has 1 aromatic heterocycles. The molecular formula is C22H27N3O2S2. The fraction of sp³-hybridized carbons (Fsp3) is 0.364. The first-order chi connectivity index (χ1) is 14.1. The van der Waals surface area contributed by atoms with Crippen molar-refractivity contribution in [2.45, 2.75) is 18.7 Å². The molecule has 0 N–H and O–H groups in total. The van der Waals surface area contributed by atoms with Gasteiger partial charge in [0.05, 0.1) is 17.3 Å². The van der Waals surface area contributed by atoms with Gasteiger partial charge in [0.15, 0.2) is 5.13 Å². The Morgan fingerprint density at radius 3 is 2.45 bits per heavy atom. The van der Waals surface area contributed by atoms with Crippen LogP contribution in [0.1, 0.15) is 24.2 Å². The number of ether oxygens (including phenoxy) is 1. The lowest BCUT2D eigenvalue weighted by Crippen LogP contribution is -2.38. The molecule has 3 aromatic rings. The topological polar surface area (TPSA) is 45.7 Å². The predicted molar refractivity (Wildman–Crippen MR) is 124 cm³/mol. The monoisotopic (exact) mass is 429 g/mol. The van der Waals surface area contributed by atoms with Crippen molar-refractivity contribution in [3.05, 3.63) is 48.0 Å². The van der Waals surface area contributed by atoms with Crippen molar-refractivity contribution < 1.29 is 9.53 Å². The molecule has 1 amide bonds. The number of hydrogen-bond donors (Lipinski definition) is 0. The highest BCUT2D eigenvalue weighted by Crippen LogP contribution is 2.32. The van der Waals surface area contributed by atoms with Crippen LogP contribution in [0.3, 0.4) is 0 Å². The van der Waals surface area contributed by atoms with E-state index in [9.17, 15) is 4.79 Å². The van der Waals surface area contributed by atoms with Crippen LogP contribution in [0, 0.1) is 0 Å². The zero-order valence-electron chi connectivity index (χ0n) is 17.3. The number of fused-ring (bicyclic) bond motifs is 1. The largest absolute Gasteiger partial charge is 0.497 e. The molecule has 1 heterocycles. The van der Waals surface area contributed by atoms with Gasteiger partial charge in [0.1, 0.15) is 5.75 Å². The van der Waals surface area contributed by atoms with Crippen LogP contribution in [0.25, 0.3) is 10.2 Å². The summed E-state index contributed by atoms with van der Waals surface area (Å²) >= 11 is 3.19. The molecule has 0 aliphatic heterocycles. The highest BCUT2D eigenvalue weighted by molar-refractivity contribution is 7.98. The summed E-state index contributed by atoms with van der Waals surface area (Å²) in [5.74, 6) is 0.775. The van der Waals surface area contributed by atoms with Gasteiger partial charge in [-0.1, -0.05) is 25.2 Å². The number of thiazole rings is 1. The fourth-order valence-electron chi connectivity index (χ4n) is 3.09. The molecule has 154 valence electrons. The van der Waals surface area contributed by atoms with Gasteiger partial charge in [0.25, 0.3) is 5.91 Å². The van der Waals surface area contributed by atoms with E-state index in [0.717, 1.165) is 45.6 Å². The Balaban J connectivity index is 1.94. The summed E-state index contributed by atoms with van der Waals surface area (Å²) in [5.41, 5.74) is 1.56. The summed E-state index contributed by atoms with van der Waals surface area (Å²) in [7, 11) is 1.65. The number of likely N-dealkylation sites (N-methyl/N-ethyl adjacent to an activating group) is 1. The molecule has 5 nitrogen and oxygen atoms in total. The van der Waals surface area contributed by atoms with E-state index < -0.39 is 0 Å². The van der Waals surface area contributed by atoms with E-state index >= 15 is 0 Å². The third-order valence-corrected chi connectivity index (χ3v) is 6.72. The third kappa shape index (κ3) is 5.10. The minimum atomic E-state index is -0.0177. The first kappa shape index (κ1) is 21.6. The molecule has 0 bridgehead atoms. The summed E-state index contributed by atoms with van der Waals surface area (Å²) < 4.78 is 6.34. The van der Waals surface area contributed by atoms with Gasteiger partial charge in [-0.15, -0.1) is 11.8 Å². The zero-order chi connectivity index (χ0) is 20.8. The number of thioether (sulfide) groups is 1. The molecule has 0 atom stereocenters. The van der Waals surface area contributed by atoms with Gasteiger partial charge in [0.2, 0.25) is 0 Å². The average Bonchev–Trinajstić information content (AvgIpc) is 3.19. The number of carbonyl (C=O) groups excluding carboxylic acids is 1. The number of amides is 1. The molecule has 0 aliphatic carbocycles. The Morgan fingerprint density at radius 1 is 1.10 bits per heavy atom. The van der Waals surface area contributed by atoms with E-state index in [0.29, 0.717) is 12.1 Å². The van der Waals surface area contributed by atoms with Crippen LogP contribution in [0.5, 0.6) is 5.75 Å². The molecule has 0 unspecified atom stereocenters. The molecule has 0 fully saturated rings. The maximum atomic E-state index is 13.4. The number of rotatable bonds is 9. The predicted octanol–water partition coefficient (Wildman–Crippen LogP) is 5.02. The van der Waals surface area contributed by atoms with E-state index in [1.54, 1.807) is 18.9 Å². The van der Waals surface area contributed by atoms with Crippen LogP contribution >= 0.6 is 23.1 Å². The van der Waals surface area contributed by atoms with Gasteiger partial charge in [0, 0.05) is 23.5 Å². The van der Waals surface area contributed by atoms with Crippen LogP contribution in [-0.4, -0.2) is 55.3 Å². The summed E-state index contributed by atoms with van der Waals surface area (Å²) in [6.45, 7) is 7.60. The maximum absolute atomic E-state index is 13.4. The molecule has 0 radical (unpaired) electrons. The van der Waals surface area contributed by atoms with Crippen molar-refractivity contribution in [1.29, 1.82) is 0 Å². The van der Waals surface area contributed by atoms with Gasteiger partial charge < -0.3 is 9.64 Å². The number of anilines is 1. The van der Waals surface area contributed by atoms with E-state index in [1.807, 2.05) is 53.6 Å². The van der Waals surface area contributed by atoms with Crippen molar-refractivity contribution in [2.75, 3.05) is 44.4 Å². The highest BCUT2D eigenvalue weighted by atomic mass is 32.2. The number of methoxy groups -OCH3 is 1. The van der Waals surface area contributed by atoms with E-state index in [-0.39, 0.29) is 5.91 Å². The number of benzene rings is 2. The van der Waals surface area contributed by atoms with Crippen molar-refractivity contribution in [2.24, 2.45) is 0 Å². The smallest absolute Gasteiger partial charge is 0.260 e. The SMILES string of the molecule is CCN(CC)CCN(C(=O)c1ccc(SC)cc1)c1nc2ccc(OC)cc2s1. The number of nitrogens with zero attached hydrogens (tertiary/aromatic N) is 3. The normalized spacial score (nSPS) is 11.2. The highest BCUT2D eigenvalue weighted by Gasteiger charge is 2.22. The maximum Gasteiger partial charge on any atom is 0.260 e. The molecule has 2 aromatic carbocycles. The second-order valence-corrected chi connectivity index (χ2v) is 8.43. The van der Waals surface area contributed by atoms with Crippen LogP contribution < -0.4 is 9.64 Å². The lowest BCUT2D eigenvalue weighted by atomic mass is 10.2. The summed E-state index contributed by atoms with van der Waals surface area (Å²) in [6, 6.07) is 13.6. The molecule has 0 aliphatic rings. The molecule has 29 heavy (non-hydrogen) atoms. The van der Waals surface area contributed by atoms with Gasteiger partial charge >= 0.3 is 0 Å². The molecule has 7 heteroatoms. The quantitative estimate of drug-likeness (QED) is 0.447. The van der Waals surface area contributed by atoms with Crippen molar-refractivity contribution in [1.82, 2.24) is 9.88 Å². The molecule has 3 rings (SSSR count). The fourth-order valence-corrected chi connectivity index (χ4v) is 4.52. The molecule has 0 saturated carbocycles. The Kier molecular flexibility index (Phi) is 7.52. The third-order valence-electron chi connectivity index (χ3n) is 4.93. The lowest BCUT2D eigenvalue weighted by molar-refractivity contribution is 0.0983. The van der Waals surface area contributed by atoms with Gasteiger partial charge in [-0.25, -0.2) is 4.98 Å². The van der Waals surface area contributed by atoms with Crippen LogP contribution in [0.2, 0.25) is 0 Å². The second kappa shape index (κ2) is 10.1. The summed E-state index contributed by atoms with van der Waals surface area (Å²) in [6.07, 6.45) is 2.03. The number of hydrogen-bond acceptors (Lipinski definition) is 6. The van der Waals surface area contributed by atoms with Crippen molar-refractivity contribution in [3.63, 3.8) is 0 Å². The van der Waals surface area contributed by atoms with Crippen LogP contribution in [0.4, 0.5) is 5.13 Å². The Bertz CT molecular complexity index is 952. The number of aromatic nitrogens is 1. The minimum absolute atomic E-state index is 0.0177. The molecule has 0 spiro atoms. The Hall–Kier alpha value is -2.09. The summed E-state index contributed by atoms with van der Waals surface area (Å²) in [5, 5.41) is 0.722. The standard InChI is InChI=1S/C22H27N3O2S2/c1-5-24(6-2)13-14-25(21(26)16-7-10-18(28-4)11-8-16)22-23-19-12-9-17(27-3)15-20(19)29-22/h7-12,15H,5-6,13-14H2,1-4H3. The Labute approximate surface area is 180 Å². The van der Waals surface area contributed by atoms with Crippen LogP contribution in [-0.2, 0) is 0 Å². The molecule has 0 saturated heterocycles. The summed E-state index contributed by atoms with van der Waals surface area (Å²) in [4.78, 5) is 23.4. The average molecular weight is 430 g/mol. The van der Waals surface area contributed by atoms with E-state index in [1.165, 1.54) is 11.3 Å². The minimum Gasteiger partial charge on any atom is -0.497 e. The zero-order valence-corrected chi connectivity index (χ0v) is 19.0. The van der Waals surface area contributed by atoms with E-state index in [4.69, 9.17) is 9.72 Å². The first-order valence-corrected chi connectivity index (χ1v) is 11.8. The number of carbonyl (C=O) groups is 1. The van der Waals surface area contributed by atoms with Crippen LogP contribution in [0.15, 0.2) is 47.4 Å². The van der Waals surface area contributed by atoms with Gasteiger partial charge in [-0.05, 0) is 61.8 Å². The second-order valence-electron chi connectivity index (χ2n) is 6.54. The van der Waals surface area contributed by atoms with Gasteiger partial charge in [-0.2, -0.15) is 0 Å². The van der Waals surface area contributed by atoms with Crippen molar-refractivity contribution >= 4 is 44.4 Å².